The second kappa shape index (κ2) is 9.30. The number of amides is 1. The zero-order chi connectivity index (χ0) is 23.5. The Hall–Kier alpha value is -3.91. The average Bonchev–Trinajstić information content (AvgIpc) is 3.17. The van der Waals surface area contributed by atoms with Crippen LogP contribution in [0.15, 0.2) is 66.2 Å². The summed E-state index contributed by atoms with van der Waals surface area (Å²) in [5.74, 6) is 0.482. The smallest absolute Gasteiger partial charge is 0.281 e. The van der Waals surface area contributed by atoms with E-state index >= 15 is 0 Å². The lowest BCUT2D eigenvalue weighted by molar-refractivity contribution is 0.101. The zero-order valence-corrected chi connectivity index (χ0v) is 19.4. The largest absolute Gasteiger partial charge is 0.493 e. The molecule has 2 aromatic heterocycles. The molecule has 168 valence electrons. The fourth-order valence-corrected chi connectivity index (χ4v) is 4.79. The molecule has 0 bridgehead atoms. The molecule has 33 heavy (non-hydrogen) atoms. The third-order valence-corrected chi connectivity index (χ3v) is 6.27. The molecule has 2 aromatic carbocycles. The van der Waals surface area contributed by atoms with Crippen molar-refractivity contribution in [2.75, 3.05) is 19.6 Å². The number of ether oxygens (including phenoxy) is 2. The maximum Gasteiger partial charge on any atom is 0.281 e. The highest BCUT2D eigenvalue weighted by molar-refractivity contribution is 7.19. The molecular formula is C25H23N3O4S. The first-order valence-electron chi connectivity index (χ1n) is 10.2. The van der Waals surface area contributed by atoms with Gasteiger partial charge in [0.1, 0.15) is 11.2 Å². The Bertz CT molecular complexity index is 1410. The summed E-state index contributed by atoms with van der Waals surface area (Å²) in [6, 6.07) is 12.9. The Morgan fingerprint density at radius 3 is 2.64 bits per heavy atom. The molecule has 0 saturated heterocycles. The van der Waals surface area contributed by atoms with Crippen molar-refractivity contribution in [1.29, 1.82) is 0 Å². The van der Waals surface area contributed by atoms with E-state index in [1.807, 2.05) is 37.3 Å². The highest BCUT2D eigenvalue weighted by Gasteiger charge is 2.19. The normalized spacial score (nSPS) is 10.8. The standard InChI is InChI=1S/C25H23N3O4S/c1-5-9-17-12-18(13-19(31-3)22(17)32-4)23(29)27-28-14-26-24-21(25(28)30)20(15(2)33-24)16-10-7-6-8-11-16/h5-8,10-14H,1,9H2,2-4H3,(H,27,29). The van der Waals surface area contributed by atoms with Crippen LogP contribution in [0.3, 0.4) is 0 Å². The minimum atomic E-state index is -0.474. The molecule has 8 heteroatoms. The van der Waals surface area contributed by atoms with Crippen LogP contribution in [-0.2, 0) is 6.42 Å². The van der Waals surface area contributed by atoms with Crippen molar-refractivity contribution in [1.82, 2.24) is 9.66 Å². The van der Waals surface area contributed by atoms with Gasteiger partial charge in [0, 0.05) is 21.6 Å². The van der Waals surface area contributed by atoms with Crippen molar-refractivity contribution in [3.63, 3.8) is 0 Å². The third kappa shape index (κ3) is 4.12. The maximum absolute atomic E-state index is 13.4. The number of methoxy groups -OCH3 is 2. The van der Waals surface area contributed by atoms with Crippen LogP contribution in [0, 0.1) is 6.92 Å². The molecule has 0 atom stereocenters. The van der Waals surface area contributed by atoms with Gasteiger partial charge >= 0.3 is 0 Å². The summed E-state index contributed by atoms with van der Waals surface area (Å²) in [5.41, 5.74) is 5.13. The van der Waals surface area contributed by atoms with Crippen molar-refractivity contribution >= 4 is 27.5 Å². The van der Waals surface area contributed by atoms with Crippen molar-refractivity contribution < 1.29 is 14.3 Å². The van der Waals surface area contributed by atoms with Crippen LogP contribution in [0.2, 0.25) is 0 Å². The summed E-state index contributed by atoms with van der Waals surface area (Å²) in [5, 5.41) is 0.478. The number of fused-ring (bicyclic) bond motifs is 1. The first kappa shape index (κ1) is 22.3. The van der Waals surface area contributed by atoms with Gasteiger partial charge in [-0.15, -0.1) is 17.9 Å². The average molecular weight is 462 g/mol. The highest BCUT2D eigenvalue weighted by Crippen LogP contribution is 2.35. The van der Waals surface area contributed by atoms with Crippen molar-refractivity contribution in [2.24, 2.45) is 0 Å². The van der Waals surface area contributed by atoms with Crippen LogP contribution >= 0.6 is 11.3 Å². The summed E-state index contributed by atoms with van der Waals surface area (Å²) in [7, 11) is 3.04. The molecule has 0 aliphatic carbocycles. The molecule has 1 N–H and O–H groups in total. The van der Waals surface area contributed by atoms with Gasteiger partial charge in [-0.05, 0) is 31.0 Å². The Labute approximate surface area is 194 Å². The molecule has 4 rings (SSSR count). The minimum absolute atomic E-state index is 0.321. The molecule has 0 spiro atoms. The Morgan fingerprint density at radius 2 is 1.97 bits per heavy atom. The molecule has 4 aromatic rings. The number of nitrogens with zero attached hydrogens (tertiary/aromatic N) is 2. The fraction of sp³-hybridized carbons (Fsp3) is 0.160. The van der Waals surface area contributed by atoms with Gasteiger partial charge in [-0.2, -0.15) is 0 Å². The zero-order valence-electron chi connectivity index (χ0n) is 18.5. The van der Waals surface area contributed by atoms with Crippen LogP contribution < -0.4 is 20.5 Å². The number of aromatic nitrogens is 2. The van der Waals surface area contributed by atoms with Gasteiger partial charge < -0.3 is 9.47 Å². The number of aryl methyl sites for hydroxylation is 1. The molecule has 1 amide bonds. The van der Waals surface area contributed by atoms with Gasteiger partial charge in [-0.25, -0.2) is 9.66 Å². The maximum atomic E-state index is 13.4. The van der Waals surface area contributed by atoms with Crippen LogP contribution in [0.25, 0.3) is 21.3 Å². The molecule has 0 fully saturated rings. The number of hydrogen-bond donors (Lipinski definition) is 1. The van der Waals surface area contributed by atoms with E-state index in [9.17, 15) is 9.59 Å². The number of carbonyl (C=O) groups is 1. The minimum Gasteiger partial charge on any atom is -0.493 e. The summed E-state index contributed by atoms with van der Waals surface area (Å²) < 4.78 is 11.9. The van der Waals surface area contributed by atoms with E-state index in [0.717, 1.165) is 26.2 Å². The van der Waals surface area contributed by atoms with E-state index < -0.39 is 5.91 Å². The lowest BCUT2D eigenvalue weighted by atomic mass is 10.0. The van der Waals surface area contributed by atoms with Gasteiger partial charge in [0.15, 0.2) is 11.5 Å². The van der Waals surface area contributed by atoms with Gasteiger partial charge in [0.25, 0.3) is 11.5 Å². The number of allylic oxidation sites excluding steroid dienone is 1. The number of rotatable bonds is 7. The molecule has 0 radical (unpaired) electrons. The number of benzene rings is 2. The van der Waals surface area contributed by atoms with E-state index in [1.165, 1.54) is 31.9 Å². The van der Waals surface area contributed by atoms with Crippen LogP contribution in [0.4, 0.5) is 0 Å². The SMILES string of the molecule is C=CCc1cc(C(=O)Nn2cnc3sc(C)c(-c4ccccc4)c3c2=O)cc(OC)c1OC. The lowest BCUT2D eigenvalue weighted by Crippen LogP contribution is -2.33. The van der Waals surface area contributed by atoms with E-state index in [1.54, 1.807) is 18.2 Å². The predicted octanol–water partition coefficient (Wildman–Crippen LogP) is 4.56. The summed E-state index contributed by atoms with van der Waals surface area (Å²) in [6.07, 6.45) is 3.53. The van der Waals surface area contributed by atoms with Gasteiger partial charge in [-0.3, -0.25) is 15.0 Å². The fourth-order valence-electron chi connectivity index (χ4n) is 3.79. The number of thiophene rings is 1. The molecule has 7 nitrogen and oxygen atoms in total. The highest BCUT2D eigenvalue weighted by atomic mass is 32.1. The van der Waals surface area contributed by atoms with Gasteiger partial charge in [0.05, 0.1) is 19.6 Å². The monoisotopic (exact) mass is 461 g/mol. The van der Waals surface area contributed by atoms with Crippen molar-refractivity contribution in [3.05, 3.63) is 87.8 Å². The molecule has 0 saturated carbocycles. The first-order chi connectivity index (χ1) is 16.0. The molecule has 0 unspecified atom stereocenters. The number of hydrogen-bond acceptors (Lipinski definition) is 6. The molecule has 0 aliphatic heterocycles. The Kier molecular flexibility index (Phi) is 6.28. The second-order valence-corrected chi connectivity index (χ2v) is 8.51. The predicted molar refractivity (Wildman–Crippen MR) is 131 cm³/mol. The molecule has 0 aliphatic rings. The second-order valence-electron chi connectivity index (χ2n) is 7.30. The Morgan fingerprint density at radius 1 is 1.21 bits per heavy atom. The van der Waals surface area contributed by atoms with Crippen LogP contribution in [0.5, 0.6) is 11.5 Å². The first-order valence-corrected chi connectivity index (χ1v) is 11.0. The lowest BCUT2D eigenvalue weighted by Gasteiger charge is -2.15. The van der Waals surface area contributed by atoms with E-state index in [4.69, 9.17) is 9.47 Å². The van der Waals surface area contributed by atoms with Crippen LogP contribution in [-0.4, -0.2) is 29.8 Å². The number of carbonyl (C=O) groups excluding carboxylic acids is 1. The van der Waals surface area contributed by atoms with Crippen LogP contribution in [0.1, 0.15) is 20.8 Å². The van der Waals surface area contributed by atoms with Gasteiger partial charge in [0.2, 0.25) is 0 Å². The molecular weight excluding hydrogens is 438 g/mol. The molecule has 2 heterocycles. The van der Waals surface area contributed by atoms with Crippen molar-refractivity contribution in [2.45, 2.75) is 13.3 Å². The Balaban J connectivity index is 1.77. The van der Waals surface area contributed by atoms with E-state index in [0.29, 0.717) is 33.7 Å². The quantitative estimate of drug-likeness (QED) is 0.408. The van der Waals surface area contributed by atoms with E-state index in [2.05, 4.69) is 17.0 Å². The van der Waals surface area contributed by atoms with Gasteiger partial charge in [-0.1, -0.05) is 36.4 Å². The third-order valence-electron chi connectivity index (χ3n) is 5.26. The van der Waals surface area contributed by atoms with E-state index in [-0.39, 0.29) is 5.56 Å². The number of nitrogens with one attached hydrogen (secondary N) is 1. The summed E-state index contributed by atoms with van der Waals surface area (Å²) in [4.78, 5) is 32.4. The summed E-state index contributed by atoms with van der Waals surface area (Å²) in [6.45, 7) is 5.72. The van der Waals surface area contributed by atoms with Crippen molar-refractivity contribution in [3.8, 4) is 22.6 Å². The summed E-state index contributed by atoms with van der Waals surface area (Å²) >= 11 is 1.45. The topological polar surface area (TPSA) is 82.5 Å².